The lowest BCUT2D eigenvalue weighted by Gasteiger charge is -2.31. The maximum Gasteiger partial charge on any atom is 0.416 e. The van der Waals surface area contributed by atoms with Crippen LogP contribution in [0.5, 0.6) is 0 Å². The Balaban J connectivity index is 2.09. The number of methoxy groups -OCH3 is 1. The highest BCUT2D eigenvalue weighted by Crippen LogP contribution is 2.44. The second-order valence-electron chi connectivity index (χ2n) is 7.45. The van der Waals surface area contributed by atoms with Crippen LogP contribution in [0.2, 0.25) is 0 Å². The zero-order valence-corrected chi connectivity index (χ0v) is 17.5. The summed E-state index contributed by atoms with van der Waals surface area (Å²) in [4.78, 5) is 25.6. The highest BCUT2D eigenvalue weighted by atomic mass is 19.4. The van der Waals surface area contributed by atoms with Crippen LogP contribution in [-0.4, -0.2) is 38.4 Å². The Morgan fingerprint density at radius 2 is 1.77 bits per heavy atom. The van der Waals surface area contributed by atoms with E-state index in [1.807, 2.05) is 0 Å². The molecule has 0 aliphatic carbocycles. The second-order valence-corrected chi connectivity index (χ2v) is 7.45. The summed E-state index contributed by atoms with van der Waals surface area (Å²) < 4.78 is 57.0. The first-order valence-electron chi connectivity index (χ1n) is 9.86. The summed E-state index contributed by atoms with van der Waals surface area (Å²) in [5.41, 5.74) is -0.686. The van der Waals surface area contributed by atoms with Gasteiger partial charge in [-0.05, 0) is 38.3 Å². The van der Waals surface area contributed by atoms with E-state index in [4.69, 9.17) is 14.2 Å². The van der Waals surface area contributed by atoms with E-state index >= 15 is 0 Å². The highest BCUT2D eigenvalue weighted by molar-refractivity contribution is 6.00. The van der Waals surface area contributed by atoms with Crippen LogP contribution >= 0.6 is 0 Å². The minimum atomic E-state index is -4.68. The summed E-state index contributed by atoms with van der Waals surface area (Å²) in [6, 6.07) is 4.87. The van der Waals surface area contributed by atoms with Crippen LogP contribution in [0.3, 0.4) is 0 Å². The minimum Gasteiger partial charge on any atom is -0.466 e. The molecule has 9 heteroatoms. The van der Waals surface area contributed by atoms with E-state index in [0.29, 0.717) is 18.0 Å². The van der Waals surface area contributed by atoms with E-state index < -0.39 is 29.6 Å². The molecule has 168 valence electrons. The summed E-state index contributed by atoms with van der Waals surface area (Å²) >= 11 is 0. The van der Waals surface area contributed by atoms with Crippen LogP contribution in [0.4, 0.5) is 13.2 Å². The van der Waals surface area contributed by atoms with Gasteiger partial charge in [0.05, 0.1) is 35.8 Å². The third kappa shape index (κ3) is 4.76. The van der Waals surface area contributed by atoms with Crippen molar-refractivity contribution in [1.29, 1.82) is 0 Å². The molecule has 0 unspecified atom stereocenters. The Morgan fingerprint density at radius 3 is 2.35 bits per heavy atom. The predicted octanol–water partition coefficient (Wildman–Crippen LogP) is 3.84. The summed E-state index contributed by atoms with van der Waals surface area (Å²) in [6.45, 7) is 3.66. The average Bonchev–Trinajstić information content (AvgIpc) is 3.24. The molecule has 1 fully saturated rings. The number of alkyl halides is 3. The number of dihydropyridines is 1. The summed E-state index contributed by atoms with van der Waals surface area (Å²) in [5.74, 6) is -2.94. The number of hydrogen-bond acceptors (Lipinski definition) is 6. The number of benzene rings is 1. The normalized spacial score (nSPS) is 21.7. The Labute approximate surface area is 178 Å². The van der Waals surface area contributed by atoms with Crippen LogP contribution in [0.1, 0.15) is 43.7 Å². The molecule has 1 N–H and O–H groups in total. The summed E-state index contributed by atoms with van der Waals surface area (Å²) in [5, 5.41) is 2.91. The highest BCUT2D eigenvalue weighted by Gasteiger charge is 2.43. The molecule has 0 amide bonds. The van der Waals surface area contributed by atoms with E-state index in [0.717, 1.165) is 26.0 Å². The standard InChI is InChI=1S/C22H24F3NO5/c1-12-17(20(27)29-3)19(15-8-4-5-9-16(15)22(23,24)25)18(13(2)26-12)21(28)31-11-14-7-6-10-30-14/h4-5,8-9,14,19,26H,6-7,10-11H2,1-3H3/t14-,19+/m1/s1. The predicted molar refractivity (Wildman–Crippen MR) is 105 cm³/mol. The Morgan fingerprint density at radius 1 is 1.13 bits per heavy atom. The monoisotopic (exact) mass is 439 g/mol. The molecule has 2 heterocycles. The van der Waals surface area contributed by atoms with Crippen LogP contribution in [0, 0.1) is 0 Å². The number of halogens is 3. The van der Waals surface area contributed by atoms with Gasteiger partial charge in [0.25, 0.3) is 0 Å². The van der Waals surface area contributed by atoms with Crippen molar-refractivity contribution in [3.63, 3.8) is 0 Å². The van der Waals surface area contributed by atoms with Gasteiger partial charge in [0.1, 0.15) is 6.61 Å². The maximum absolute atomic E-state index is 13.8. The zero-order chi connectivity index (χ0) is 22.8. The minimum absolute atomic E-state index is 0.0144. The number of ether oxygens (including phenoxy) is 3. The van der Waals surface area contributed by atoms with Gasteiger partial charge in [-0.1, -0.05) is 18.2 Å². The molecule has 1 saturated heterocycles. The molecule has 2 aliphatic rings. The molecule has 0 bridgehead atoms. The van der Waals surface area contributed by atoms with Crippen molar-refractivity contribution in [2.24, 2.45) is 0 Å². The van der Waals surface area contributed by atoms with Crippen molar-refractivity contribution >= 4 is 11.9 Å². The quantitative estimate of drug-likeness (QED) is 0.703. The van der Waals surface area contributed by atoms with Crippen molar-refractivity contribution < 1.29 is 37.0 Å². The molecule has 3 rings (SSSR count). The largest absolute Gasteiger partial charge is 0.466 e. The average molecular weight is 439 g/mol. The van der Waals surface area contributed by atoms with Crippen LogP contribution in [-0.2, 0) is 30.0 Å². The third-order valence-electron chi connectivity index (χ3n) is 5.39. The molecule has 31 heavy (non-hydrogen) atoms. The summed E-state index contributed by atoms with van der Waals surface area (Å²) in [6.07, 6.45) is -3.35. The fourth-order valence-electron chi connectivity index (χ4n) is 3.99. The van der Waals surface area contributed by atoms with E-state index in [-0.39, 0.29) is 29.4 Å². The number of rotatable bonds is 5. The smallest absolute Gasteiger partial charge is 0.416 e. The molecule has 0 aromatic heterocycles. The van der Waals surface area contributed by atoms with Gasteiger partial charge in [0.15, 0.2) is 0 Å². The van der Waals surface area contributed by atoms with Crippen molar-refractivity contribution in [3.05, 3.63) is 57.9 Å². The van der Waals surface area contributed by atoms with Gasteiger partial charge < -0.3 is 19.5 Å². The van der Waals surface area contributed by atoms with Crippen molar-refractivity contribution in [2.75, 3.05) is 20.3 Å². The SMILES string of the molecule is COC(=O)C1=C(C)NC(C)=C(C(=O)OC[C@H]2CCCO2)[C@H]1c1ccccc1C(F)(F)F. The van der Waals surface area contributed by atoms with Gasteiger partial charge in [-0.15, -0.1) is 0 Å². The Hall–Kier alpha value is -2.81. The van der Waals surface area contributed by atoms with Crippen molar-refractivity contribution in [1.82, 2.24) is 5.32 Å². The topological polar surface area (TPSA) is 73.9 Å². The summed E-state index contributed by atoms with van der Waals surface area (Å²) in [7, 11) is 1.13. The molecule has 2 aliphatic heterocycles. The number of nitrogens with one attached hydrogen (secondary N) is 1. The van der Waals surface area contributed by atoms with Gasteiger partial charge in [-0.3, -0.25) is 0 Å². The number of carbonyl (C=O) groups is 2. The van der Waals surface area contributed by atoms with Gasteiger partial charge in [-0.2, -0.15) is 13.2 Å². The van der Waals surface area contributed by atoms with Crippen LogP contribution in [0.25, 0.3) is 0 Å². The molecule has 0 saturated carbocycles. The van der Waals surface area contributed by atoms with Crippen LogP contribution < -0.4 is 5.32 Å². The fraction of sp³-hybridized carbons (Fsp3) is 0.455. The number of hydrogen-bond donors (Lipinski definition) is 1. The van der Waals surface area contributed by atoms with E-state index in [2.05, 4.69) is 5.32 Å². The molecule has 0 spiro atoms. The molecule has 1 aromatic carbocycles. The fourth-order valence-corrected chi connectivity index (χ4v) is 3.99. The number of carbonyl (C=O) groups excluding carboxylic acids is 2. The Kier molecular flexibility index (Phi) is 6.74. The lowest BCUT2D eigenvalue weighted by Crippen LogP contribution is -2.34. The van der Waals surface area contributed by atoms with Crippen molar-refractivity contribution in [3.8, 4) is 0 Å². The first-order chi connectivity index (χ1) is 14.6. The lowest BCUT2D eigenvalue weighted by atomic mass is 9.78. The molecule has 6 nitrogen and oxygen atoms in total. The third-order valence-corrected chi connectivity index (χ3v) is 5.39. The number of allylic oxidation sites excluding steroid dienone is 2. The number of esters is 2. The Bertz CT molecular complexity index is 929. The van der Waals surface area contributed by atoms with Gasteiger partial charge in [0.2, 0.25) is 0 Å². The van der Waals surface area contributed by atoms with E-state index in [9.17, 15) is 22.8 Å². The van der Waals surface area contributed by atoms with E-state index in [1.54, 1.807) is 13.8 Å². The zero-order valence-electron chi connectivity index (χ0n) is 17.5. The van der Waals surface area contributed by atoms with Gasteiger partial charge in [-0.25, -0.2) is 9.59 Å². The maximum atomic E-state index is 13.8. The van der Waals surface area contributed by atoms with Crippen molar-refractivity contribution in [2.45, 2.75) is 44.9 Å². The molecular weight excluding hydrogens is 415 g/mol. The van der Waals surface area contributed by atoms with E-state index in [1.165, 1.54) is 18.2 Å². The van der Waals surface area contributed by atoms with Gasteiger partial charge in [0, 0.05) is 18.0 Å². The second kappa shape index (κ2) is 9.13. The van der Waals surface area contributed by atoms with Gasteiger partial charge >= 0.3 is 18.1 Å². The first-order valence-corrected chi connectivity index (χ1v) is 9.86. The molecule has 0 radical (unpaired) electrons. The molecule has 2 atom stereocenters. The molecular formula is C22H24F3NO5. The molecule has 1 aromatic rings. The first kappa shape index (κ1) is 22.9. The van der Waals surface area contributed by atoms with Crippen LogP contribution in [0.15, 0.2) is 46.8 Å². The lowest BCUT2D eigenvalue weighted by molar-refractivity contribution is -0.143.